The minimum absolute atomic E-state index is 0.00290. The summed E-state index contributed by atoms with van der Waals surface area (Å²) in [6.45, 7) is 3.43. The molecular formula is C23H22O2Sn. The summed E-state index contributed by atoms with van der Waals surface area (Å²) in [5.74, 6) is 0.668. The van der Waals surface area contributed by atoms with Gasteiger partial charge < -0.3 is 0 Å². The molecule has 0 heterocycles. The molecule has 0 radical (unpaired) electrons. The average molecular weight is 449 g/mol. The van der Waals surface area contributed by atoms with Gasteiger partial charge in [0.2, 0.25) is 0 Å². The third-order valence-electron chi connectivity index (χ3n) is 4.26. The van der Waals surface area contributed by atoms with Crippen LogP contribution in [-0.2, 0) is 7.87 Å². The summed E-state index contributed by atoms with van der Waals surface area (Å²) in [5, 5.41) is 0. The van der Waals surface area contributed by atoms with Gasteiger partial charge >= 0.3 is 160 Å². The molecule has 0 unspecified atom stereocenters. The van der Waals surface area contributed by atoms with E-state index in [1.165, 1.54) is 10.7 Å². The summed E-state index contributed by atoms with van der Waals surface area (Å²) in [6, 6.07) is 31.3. The summed E-state index contributed by atoms with van der Waals surface area (Å²) < 4.78 is 10.4. The molecule has 0 spiro atoms. The molecule has 0 bridgehead atoms. The number of ketones is 1. The van der Waals surface area contributed by atoms with Crippen molar-refractivity contribution in [1.82, 2.24) is 0 Å². The molecule has 2 nitrogen and oxygen atoms in total. The maximum atomic E-state index is 11.6. The summed E-state index contributed by atoms with van der Waals surface area (Å²) in [4.78, 5) is 11.6. The normalized spacial score (nSPS) is 11.8. The van der Waals surface area contributed by atoms with E-state index in [-0.39, 0.29) is 5.78 Å². The number of carbonyl (C=O) groups is 1. The van der Waals surface area contributed by atoms with Crippen LogP contribution < -0.4 is 10.7 Å². The first-order valence-electron chi connectivity index (χ1n) is 8.67. The fourth-order valence-electron chi connectivity index (χ4n) is 3.25. The molecule has 130 valence electrons. The Bertz CT molecular complexity index is 791. The van der Waals surface area contributed by atoms with Gasteiger partial charge in [-0.25, -0.2) is 0 Å². The molecular weight excluding hydrogens is 427 g/mol. The first-order chi connectivity index (χ1) is 12.6. The van der Waals surface area contributed by atoms with Crippen LogP contribution >= 0.6 is 0 Å². The zero-order chi connectivity index (χ0) is 18.4. The van der Waals surface area contributed by atoms with Gasteiger partial charge in [-0.3, -0.25) is 0 Å². The van der Waals surface area contributed by atoms with E-state index in [9.17, 15) is 4.79 Å². The quantitative estimate of drug-likeness (QED) is 0.329. The van der Waals surface area contributed by atoms with E-state index < -0.39 is 18.8 Å². The van der Waals surface area contributed by atoms with E-state index >= 15 is 0 Å². The average Bonchev–Trinajstić information content (AvgIpc) is 2.67. The van der Waals surface area contributed by atoms with Crippen LogP contribution in [-0.4, -0.2) is 24.6 Å². The Kier molecular flexibility index (Phi) is 5.94. The third-order valence-corrected chi connectivity index (χ3v) is 15.9. The summed E-state index contributed by atoms with van der Waals surface area (Å²) >= 11 is -3.77. The third kappa shape index (κ3) is 3.91. The van der Waals surface area contributed by atoms with Crippen molar-refractivity contribution in [3.63, 3.8) is 0 Å². The fraction of sp³-hybridized carbons (Fsp3) is 0.0870. The number of hydrogen-bond donors (Lipinski definition) is 0. The van der Waals surface area contributed by atoms with Crippen LogP contribution in [0.25, 0.3) is 0 Å². The van der Waals surface area contributed by atoms with Gasteiger partial charge in [-0.05, 0) is 0 Å². The number of hydrogen-bond acceptors (Lipinski definition) is 2. The predicted molar refractivity (Wildman–Crippen MR) is 110 cm³/mol. The maximum absolute atomic E-state index is 11.6. The minimum atomic E-state index is -3.77. The Balaban J connectivity index is 2.30. The van der Waals surface area contributed by atoms with Crippen LogP contribution in [0, 0.1) is 0 Å². The molecule has 0 saturated heterocycles. The Labute approximate surface area is 159 Å². The fourth-order valence-corrected chi connectivity index (χ4v) is 14.3. The summed E-state index contributed by atoms with van der Waals surface area (Å²) in [6.07, 6.45) is 1.58. The van der Waals surface area contributed by atoms with Crippen molar-refractivity contribution in [1.29, 1.82) is 0 Å². The van der Waals surface area contributed by atoms with Crippen LogP contribution in [0.2, 0.25) is 0 Å². The van der Waals surface area contributed by atoms with Gasteiger partial charge in [-0.1, -0.05) is 0 Å². The van der Waals surface area contributed by atoms with E-state index in [0.717, 1.165) is 0 Å². The molecule has 3 aromatic rings. The first kappa shape index (κ1) is 18.5. The van der Waals surface area contributed by atoms with Gasteiger partial charge in [0, 0.05) is 0 Å². The van der Waals surface area contributed by atoms with Gasteiger partial charge in [-0.2, -0.15) is 0 Å². The number of carbonyl (C=O) groups excluding carboxylic acids is 1. The van der Waals surface area contributed by atoms with Crippen molar-refractivity contribution < 1.29 is 7.87 Å². The molecule has 0 aromatic heterocycles. The van der Waals surface area contributed by atoms with Crippen molar-refractivity contribution in [2.75, 3.05) is 0 Å². The molecule has 0 amide bonds. The van der Waals surface area contributed by atoms with Crippen molar-refractivity contribution in [3.05, 3.63) is 103 Å². The second kappa shape index (κ2) is 8.37. The second-order valence-electron chi connectivity index (χ2n) is 6.25. The molecule has 0 saturated carbocycles. The van der Waals surface area contributed by atoms with Crippen molar-refractivity contribution in [2.45, 2.75) is 13.8 Å². The standard InChI is InChI=1S/3C6H5.C5H8O2.Sn/c3*1-2-4-6-5-3-1;1-4(6)3-5(2)7;/h3*1-5H;3,6H,1-2H3;/q;;;;+1/p-1/b;;;4-3-;. The van der Waals surface area contributed by atoms with Crippen LogP contribution in [0.5, 0.6) is 0 Å². The molecule has 0 aliphatic rings. The zero-order valence-electron chi connectivity index (χ0n) is 15.1. The zero-order valence-corrected chi connectivity index (χ0v) is 17.9. The Hall–Kier alpha value is -2.33. The number of rotatable bonds is 6. The predicted octanol–water partition coefficient (Wildman–Crippen LogP) is 3.16. The Morgan fingerprint density at radius 1 is 0.692 bits per heavy atom. The van der Waals surface area contributed by atoms with Gasteiger partial charge in [0.05, 0.1) is 0 Å². The molecule has 3 aromatic carbocycles. The molecule has 3 rings (SSSR count). The monoisotopic (exact) mass is 450 g/mol. The van der Waals surface area contributed by atoms with E-state index in [0.29, 0.717) is 5.76 Å². The Morgan fingerprint density at radius 3 is 1.35 bits per heavy atom. The first-order valence-corrected chi connectivity index (χ1v) is 14.1. The van der Waals surface area contributed by atoms with Crippen molar-refractivity contribution >= 4 is 35.3 Å². The van der Waals surface area contributed by atoms with E-state index in [1.807, 2.05) is 25.1 Å². The van der Waals surface area contributed by atoms with E-state index in [4.69, 9.17) is 3.07 Å². The van der Waals surface area contributed by atoms with Crippen LogP contribution in [0.15, 0.2) is 103 Å². The summed E-state index contributed by atoms with van der Waals surface area (Å²) in [5.41, 5.74) is 0. The molecule has 0 atom stereocenters. The van der Waals surface area contributed by atoms with Gasteiger partial charge in [0.1, 0.15) is 0 Å². The molecule has 0 aliphatic heterocycles. The summed E-state index contributed by atoms with van der Waals surface area (Å²) in [7, 11) is 0. The van der Waals surface area contributed by atoms with Crippen molar-refractivity contribution in [3.8, 4) is 0 Å². The molecule has 0 aliphatic carbocycles. The number of allylic oxidation sites excluding steroid dienone is 2. The van der Waals surface area contributed by atoms with Crippen molar-refractivity contribution in [2.24, 2.45) is 0 Å². The molecule has 26 heavy (non-hydrogen) atoms. The number of benzene rings is 3. The van der Waals surface area contributed by atoms with Gasteiger partial charge in [0.15, 0.2) is 0 Å². The van der Waals surface area contributed by atoms with Crippen LogP contribution in [0.1, 0.15) is 13.8 Å². The Morgan fingerprint density at radius 2 is 1.04 bits per heavy atom. The van der Waals surface area contributed by atoms with E-state index in [1.54, 1.807) is 13.0 Å². The van der Waals surface area contributed by atoms with Crippen LogP contribution in [0.4, 0.5) is 0 Å². The molecule has 0 N–H and O–H groups in total. The van der Waals surface area contributed by atoms with E-state index in [2.05, 4.69) is 72.8 Å². The SMILES string of the molecule is CC(=O)/C=C(/C)[O][Sn]([c]1ccccc1)([c]1ccccc1)[c]1ccccc1. The second-order valence-corrected chi connectivity index (χ2v) is 15.7. The molecule has 3 heteroatoms. The molecule has 0 fully saturated rings. The van der Waals surface area contributed by atoms with Crippen LogP contribution in [0.3, 0.4) is 0 Å². The van der Waals surface area contributed by atoms with Gasteiger partial charge in [-0.15, -0.1) is 0 Å². The van der Waals surface area contributed by atoms with Gasteiger partial charge in [0.25, 0.3) is 0 Å². The topological polar surface area (TPSA) is 26.3 Å².